The summed E-state index contributed by atoms with van der Waals surface area (Å²) in [6.07, 6.45) is 0. The lowest BCUT2D eigenvalue weighted by Gasteiger charge is -2.19. The molecule has 3 rings (SSSR count). The summed E-state index contributed by atoms with van der Waals surface area (Å²) in [7, 11) is 2.05. The maximum absolute atomic E-state index is 4.58. The van der Waals surface area contributed by atoms with E-state index >= 15 is 0 Å². The molecular weight excluding hydrogens is 320 g/mol. The molecule has 4 nitrogen and oxygen atoms in total. The fraction of sp³-hybridized carbons (Fsp3) is 0.273. The molecule has 0 unspecified atom stereocenters. The summed E-state index contributed by atoms with van der Waals surface area (Å²) in [4.78, 5) is 11.2. The van der Waals surface area contributed by atoms with Crippen molar-refractivity contribution in [1.82, 2.24) is 9.97 Å². The van der Waals surface area contributed by atoms with Gasteiger partial charge in [0.15, 0.2) is 0 Å². The van der Waals surface area contributed by atoms with Crippen molar-refractivity contribution in [3.8, 4) is 0 Å². The minimum atomic E-state index is 0.531. The third-order valence-corrected chi connectivity index (χ3v) is 4.33. The Bertz CT molecular complexity index is 842. The van der Waals surface area contributed by atoms with Crippen LogP contribution in [0.4, 0.5) is 17.3 Å². The zero-order valence-electron chi connectivity index (χ0n) is 15.9. The van der Waals surface area contributed by atoms with Gasteiger partial charge in [0.05, 0.1) is 0 Å². The Labute approximate surface area is 155 Å². The summed E-state index contributed by atoms with van der Waals surface area (Å²) >= 11 is 0. The standard InChI is InChI=1S/C22H26N4/c1-16(2)19-10-12-20(13-11-19)25-21-14-22(24-17(3)23-21)26(4)15-18-8-6-5-7-9-18/h5-14,16H,15H2,1-4H3,(H,23,24,25). The lowest BCUT2D eigenvalue weighted by molar-refractivity contribution is 0.867. The third kappa shape index (κ3) is 4.60. The van der Waals surface area contributed by atoms with Gasteiger partial charge in [-0.2, -0.15) is 0 Å². The molecule has 26 heavy (non-hydrogen) atoms. The average molecular weight is 346 g/mol. The molecule has 1 heterocycles. The molecule has 0 aliphatic carbocycles. The van der Waals surface area contributed by atoms with Crippen molar-refractivity contribution in [3.05, 3.63) is 77.6 Å². The second-order valence-electron chi connectivity index (χ2n) is 6.90. The van der Waals surface area contributed by atoms with Gasteiger partial charge in [0, 0.05) is 25.3 Å². The molecule has 0 aliphatic rings. The topological polar surface area (TPSA) is 41.1 Å². The molecule has 3 aromatic rings. The normalized spacial score (nSPS) is 10.8. The molecule has 4 heteroatoms. The van der Waals surface area contributed by atoms with Crippen LogP contribution >= 0.6 is 0 Å². The van der Waals surface area contributed by atoms with Gasteiger partial charge in [-0.05, 0) is 36.1 Å². The van der Waals surface area contributed by atoms with Crippen LogP contribution in [-0.2, 0) is 6.54 Å². The Morgan fingerprint density at radius 1 is 0.962 bits per heavy atom. The van der Waals surface area contributed by atoms with E-state index in [0.29, 0.717) is 5.92 Å². The first kappa shape index (κ1) is 17.9. The molecule has 1 N–H and O–H groups in total. The van der Waals surface area contributed by atoms with Gasteiger partial charge >= 0.3 is 0 Å². The van der Waals surface area contributed by atoms with E-state index in [1.165, 1.54) is 11.1 Å². The number of anilines is 3. The van der Waals surface area contributed by atoms with Gasteiger partial charge in [0.2, 0.25) is 0 Å². The van der Waals surface area contributed by atoms with Crippen molar-refractivity contribution in [3.63, 3.8) is 0 Å². The van der Waals surface area contributed by atoms with Crippen LogP contribution in [0, 0.1) is 6.92 Å². The first-order chi connectivity index (χ1) is 12.5. The summed E-state index contributed by atoms with van der Waals surface area (Å²) in [5.41, 5.74) is 3.62. The van der Waals surface area contributed by atoms with Gasteiger partial charge < -0.3 is 10.2 Å². The smallest absolute Gasteiger partial charge is 0.136 e. The largest absolute Gasteiger partial charge is 0.355 e. The molecular formula is C22H26N4. The molecule has 1 aromatic heterocycles. The first-order valence-electron chi connectivity index (χ1n) is 8.99. The summed E-state index contributed by atoms with van der Waals surface area (Å²) < 4.78 is 0. The average Bonchev–Trinajstić information content (AvgIpc) is 2.62. The van der Waals surface area contributed by atoms with Crippen LogP contribution in [0.15, 0.2) is 60.7 Å². The Morgan fingerprint density at radius 3 is 2.31 bits per heavy atom. The predicted molar refractivity (Wildman–Crippen MR) is 109 cm³/mol. The zero-order valence-corrected chi connectivity index (χ0v) is 15.9. The highest BCUT2D eigenvalue weighted by Gasteiger charge is 2.08. The van der Waals surface area contributed by atoms with Crippen molar-refractivity contribution in [2.75, 3.05) is 17.3 Å². The molecule has 0 saturated heterocycles. The third-order valence-electron chi connectivity index (χ3n) is 4.33. The number of aromatic nitrogens is 2. The van der Waals surface area contributed by atoms with E-state index in [9.17, 15) is 0 Å². The monoisotopic (exact) mass is 346 g/mol. The Hall–Kier alpha value is -2.88. The van der Waals surface area contributed by atoms with Gasteiger partial charge in [-0.25, -0.2) is 9.97 Å². The highest BCUT2D eigenvalue weighted by Crippen LogP contribution is 2.22. The van der Waals surface area contributed by atoms with E-state index in [1.807, 2.05) is 19.1 Å². The van der Waals surface area contributed by atoms with Crippen LogP contribution in [-0.4, -0.2) is 17.0 Å². The molecule has 134 valence electrons. The first-order valence-corrected chi connectivity index (χ1v) is 8.99. The Balaban J connectivity index is 1.76. The van der Waals surface area contributed by atoms with Crippen LogP contribution in [0.1, 0.15) is 36.7 Å². The van der Waals surface area contributed by atoms with Gasteiger partial charge in [-0.15, -0.1) is 0 Å². The van der Waals surface area contributed by atoms with Crippen molar-refractivity contribution in [2.24, 2.45) is 0 Å². The van der Waals surface area contributed by atoms with Gasteiger partial charge in [0.25, 0.3) is 0 Å². The van der Waals surface area contributed by atoms with E-state index in [0.717, 1.165) is 29.7 Å². The SMILES string of the molecule is Cc1nc(Nc2ccc(C(C)C)cc2)cc(N(C)Cc2ccccc2)n1. The quantitative estimate of drug-likeness (QED) is 0.658. The minimum absolute atomic E-state index is 0.531. The summed E-state index contributed by atoms with van der Waals surface area (Å²) in [6, 6.07) is 20.9. The fourth-order valence-corrected chi connectivity index (χ4v) is 2.85. The number of hydrogen-bond donors (Lipinski definition) is 1. The zero-order chi connectivity index (χ0) is 18.5. The lowest BCUT2D eigenvalue weighted by Crippen LogP contribution is -2.18. The Kier molecular flexibility index (Phi) is 5.52. The van der Waals surface area contributed by atoms with E-state index in [1.54, 1.807) is 0 Å². The second kappa shape index (κ2) is 8.00. The van der Waals surface area contributed by atoms with E-state index in [-0.39, 0.29) is 0 Å². The maximum atomic E-state index is 4.58. The number of nitrogens with zero attached hydrogens (tertiary/aromatic N) is 3. The predicted octanol–water partition coefficient (Wildman–Crippen LogP) is 5.29. The molecule has 0 aliphatic heterocycles. The van der Waals surface area contributed by atoms with Gasteiger partial charge in [-0.1, -0.05) is 56.3 Å². The van der Waals surface area contributed by atoms with Crippen molar-refractivity contribution in [2.45, 2.75) is 33.2 Å². The molecule has 0 spiro atoms. The van der Waals surface area contributed by atoms with Crippen LogP contribution in [0.2, 0.25) is 0 Å². The highest BCUT2D eigenvalue weighted by atomic mass is 15.2. The second-order valence-corrected chi connectivity index (χ2v) is 6.90. The van der Waals surface area contributed by atoms with Crippen molar-refractivity contribution < 1.29 is 0 Å². The van der Waals surface area contributed by atoms with Crippen LogP contribution in [0.5, 0.6) is 0 Å². The highest BCUT2D eigenvalue weighted by molar-refractivity contribution is 5.60. The molecule has 0 radical (unpaired) electrons. The number of benzene rings is 2. The maximum Gasteiger partial charge on any atom is 0.136 e. The van der Waals surface area contributed by atoms with Crippen LogP contribution < -0.4 is 10.2 Å². The van der Waals surface area contributed by atoms with Crippen molar-refractivity contribution >= 4 is 17.3 Å². The fourth-order valence-electron chi connectivity index (χ4n) is 2.85. The van der Waals surface area contributed by atoms with Crippen molar-refractivity contribution in [1.29, 1.82) is 0 Å². The molecule has 2 aromatic carbocycles. The number of hydrogen-bond acceptors (Lipinski definition) is 4. The number of nitrogens with one attached hydrogen (secondary N) is 1. The van der Waals surface area contributed by atoms with E-state index in [4.69, 9.17) is 0 Å². The number of rotatable bonds is 6. The minimum Gasteiger partial charge on any atom is -0.355 e. The van der Waals surface area contributed by atoms with Gasteiger partial charge in [0.1, 0.15) is 17.5 Å². The van der Waals surface area contributed by atoms with E-state index < -0.39 is 0 Å². The molecule has 0 atom stereocenters. The van der Waals surface area contributed by atoms with Crippen LogP contribution in [0.3, 0.4) is 0 Å². The Morgan fingerprint density at radius 2 is 1.65 bits per heavy atom. The molecule has 0 fully saturated rings. The lowest BCUT2D eigenvalue weighted by atomic mass is 10.0. The molecule has 0 amide bonds. The summed E-state index contributed by atoms with van der Waals surface area (Å²) in [6.45, 7) is 7.13. The summed E-state index contributed by atoms with van der Waals surface area (Å²) in [5.74, 6) is 3.00. The van der Waals surface area contributed by atoms with E-state index in [2.05, 4.69) is 89.6 Å². The molecule has 0 saturated carbocycles. The summed E-state index contributed by atoms with van der Waals surface area (Å²) in [5, 5.41) is 3.39. The molecule has 0 bridgehead atoms. The van der Waals surface area contributed by atoms with Gasteiger partial charge in [-0.3, -0.25) is 0 Å². The van der Waals surface area contributed by atoms with Crippen LogP contribution in [0.25, 0.3) is 0 Å². The number of aryl methyl sites for hydroxylation is 1.